The van der Waals surface area contributed by atoms with Crippen LogP contribution in [0.5, 0.6) is 0 Å². The fourth-order valence-electron chi connectivity index (χ4n) is 1.35. The number of halogens is 1. The van der Waals surface area contributed by atoms with Crippen molar-refractivity contribution < 1.29 is 0 Å². The first kappa shape index (κ1) is 12.5. The van der Waals surface area contributed by atoms with E-state index in [0.717, 1.165) is 12.1 Å². The molecule has 18 heavy (non-hydrogen) atoms. The minimum Gasteiger partial charge on any atom is -0.354 e. The number of rotatable bonds is 5. The highest BCUT2D eigenvalue weighted by Crippen LogP contribution is 2.10. The molecule has 2 aromatic heterocycles. The Hall–Kier alpha value is -1.95. The van der Waals surface area contributed by atoms with Crippen LogP contribution in [0.1, 0.15) is 12.5 Å². The maximum atomic E-state index is 5.81. The van der Waals surface area contributed by atoms with E-state index in [9.17, 15) is 0 Å². The van der Waals surface area contributed by atoms with E-state index < -0.39 is 0 Å². The molecule has 0 fully saturated rings. The van der Waals surface area contributed by atoms with Gasteiger partial charge in [-0.2, -0.15) is 15.0 Å². The van der Waals surface area contributed by atoms with Gasteiger partial charge in [0.15, 0.2) is 0 Å². The molecular weight excluding hydrogens is 252 g/mol. The van der Waals surface area contributed by atoms with Crippen molar-refractivity contribution >= 4 is 23.5 Å². The molecular formula is C11H13ClN6. The molecule has 0 spiro atoms. The molecule has 7 heteroatoms. The standard InChI is InChI=1S/C11H13ClN6/c1-2-14-10-16-9(12)17-11(18-10)15-7-8-4-3-5-13-6-8/h3-6H,2,7H2,1H3,(H2,14,15,16,17,18). The molecule has 0 amide bonds. The second kappa shape index (κ2) is 6.11. The molecule has 94 valence electrons. The Kier molecular flexibility index (Phi) is 4.25. The molecule has 2 rings (SSSR count). The number of nitrogens with zero attached hydrogens (tertiary/aromatic N) is 4. The minimum atomic E-state index is 0.162. The molecule has 0 unspecified atom stereocenters. The van der Waals surface area contributed by atoms with Gasteiger partial charge in [0.25, 0.3) is 0 Å². The second-order valence-electron chi connectivity index (χ2n) is 3.50. The number of hydrogen-bond acceptors (Lipinski definition) is 6. The van der Waals surface area contributed by atoms with Crippen LogP contribution in [0.3, 0.4) is 0 Å². The number of anilines is 2. The van der Waals surface area contributed by atoms with Crippen LogP contribution in [0, 0.1) is 0 Å². The van der Waals surface area contributed by atoms with Crippen LogP contribution >= 0.6 is 11.6 Å². The Balaban J connectivity index is 2.05. The van der Waals surface area contributed by atoms with Crippen LogP contribution in [0.25, 0.3) is 0 Å². The smallest absolute Gasteiger partial charge is 0.229 e. The van der Waals surface area contributed by atoms with Crippen LogP contribution < -0.4 is 10.6 Å². The van der Waals surface area contributed by atoms with Gasteiger partial charge in [-0.05, 0) is 30.2 Å². The average Bonchev–Trinajstić information content (AvgIpc) is 2.37. The molecule has 2 N–H and O–H groups in total. The van der Waals surface area contributed by atoms with E-state index in [1.165, 1.54) is 0 Å². The van der Waals surface area contributed by atoms with Crippen LogP contribution in [0.4, 0.5) is 11.9 Å². The Labute approximate surface area is 110 Å². The van der Waals surface area contributed by atoms with E-state index in [-0.39, 0.29) is 5.28 Å². The quantitative estimate of drug-likeness (QED) is 0.860. The van der Waals surface area contributed by atoms with Crippen LogP contribution in [0.15, 0.2) is 24.5 Å². The molecule has 0 radical (unpaired) electrons. The lowest BCUT2D eigenvalue weighted by atomic mass is 10.3. The summed E-state index contributed by atoms with van der Waals surface area (Å²) in [5.41, 5.74) is 1.04. The Bertz CT molecular complexity index is 504. The van der Waals surface area contributed by atoms with Gasteiger partial charge >= 0.3 is 0 Å². The summed E-state index contributed by atoms with van der Waals surface area (Å²) in [7, 11) is 0. The van der Waals surface area contributed by atoms with Crippen molar-refractivity contribution in [1.82, 2.24) is 19.9 Å². The zero-order chi connectivity index (χ0) is 12.8. The number of aromatic nitrogens is 4. The summed E-state index contributed by atoms with van der Waals surface area (Å²) < 4.78 is 0. The van der Waals surface area contributed by atoms with Crippen LogP contribution in [-0.2, 0) is 6.54 Å². The van der Waals surface area contributed by atoms with Crippen molar-refractivity contribution in [2.24, 2.45) is 0 Å². The Morgan fingerprint density at radius 3 is 2.61 bits per heavy atom. The number of pyridine rings is 1. The average molecular weight is 265 g/mol. The lowest BCUT2D eigenvalue weighted by Gasteiger charge is -2.07. The van der Waals surface area contributed by atoms with Crippen molar-refractivity contribution in [3.8, 4) is 0 Å². The van der Waals surface area contributed by atoms with Gasteiger partial charge in [-0.1, -0.05) is 6.07 Å². The summed E-state index contributed by atoms with van der Waals surface area (Å²) in [6, 6.07) is 3.84. The summed E-state index contributed by atoms with van der Waals surface area (Å²) in [5.74, 6) is 0.904. The minimum absolute atomic E-state index is 0.162. The SMILES string of the molecule is CCNc1nc(Cl)nc(NCc2cccnc2)n1. The molecule has 0 aliphatic carbocycles. The molecule has 0 saturated carbocycles. The maximum Gasteiger partial charge on any atom is 0.229 e. The highest BCUT2D eigenvalue weighted by molar-refractivity contribution is 6.28. The summed E-state index contributed by atoms with van der Waals surface area (Å²) >= 11 is 5.81. The van der Waals surface area contributed by atoms with Gasteiger partial charge in [-0.15, -0.1) is 0 Å². The van der Waals surface area contributed by atoms with Crippen molar-refractivity contribution in [1.29, 1.82) is 0 Å². The zero-order valence-corrected chi connectivity index (χ0v) is 10.6. The summed E-state index contributed by atoms with van der Waals surface area (Å²) in [6.45, 7) is 3.27. The van der Waals surface area contributed by atoms with Crippen LogP contribution in [0.2, 0.25) is 5.28 Å². The molecule has 2 heterocycles. The molecule has 2 aromatic rings. The van der Waals surface area contributed by atoms with Crippen molar-refractivity contribution in [3.05, 3.63) is 35.4 Å². The van der Waals surface area contributed by atoms with Gasteiger partial charge < -0.3 is 10.6 Å². The van der Waals surface area contributed by atoms with Crippen molar-refractivity contribution in [3.63, 3.8) is 0 Å². The highest BCUT2D eigenvalue weighted by Gasteiger charge is 2.03. The van der Waals surface area contributed by atoms with E-state index in [0.29, 0.717) is 18.4 Å². The van der Waals surface area contributed by atoms with Gasteiger partial charge in [-0.3, -0.25) is 4.98 Å². The zero-order valence-electron chi connectivity index (χ0n) is 9.89. The molecule has 0 aliphatic rings. The molecule has 0 atom stereocenters. The fourth-order valence-corrected chi connectivity index (χ4v) is 1.51. The van der Waals surface area contributed by atoms with Crippen molar-refractivity contribution in [2.75, 3.05) is 17.2 Å². The summed E-state index contributed by atoms with van der Waals surface area (Å²) in [6.07, 6.45) is 3.51. The van der Waals surface area contributed by atoms with Gasteiger partial charge in [0.2, 0.25) is 17.2 Å². The molecule has 6 nitrogen and oxygen atoms in total. The largest absolute Gasteiger partial charge is 0.354 e. The third-order valence-corrected chi connectivity index (χ3v) is 2.29. The Morgan fingerprint density at radius 1 is 1.17 bits per heavy atom. The summed E-state index contributed by atoms with van der Waals surface area (Å²) in [5, 5.41) is 6.22. The van der Waals surface area contributed by atoms with E-state index in [1.807, 2.05) is 19.1 Å². The molecule has 0 aliphatic heterocycles. The monoisotopic (exact) mass is 264 g/mol. The maximum absolute atomic E-state index is 5.81. The van der Waals surface area contributed by atoms with E-state index in [4.69, 9.17) is 11.6 Å². The topological polar surface area (TPSA) is 75.6 Å². The van der Waals surface area contributed by atoms with Gasteiger partial charge in [0.1, 0.15) is 0 Å². The van der Waals surface area contributed by atoms with Crippen molar-refractivity contribution in [2.45, 2.75) is 13.5 Å². The molecule has 0 saturated heterocycles. The van der Waals surface area contributed by atoms with Gasteiger partial charge in [-0.25, -0.2) is 0 Å². The predicted molar refractivity (Wildman–Crippen MR) is 70.6 cm³/mol. The fraction of sp³-hybridized carbons (Fsp3) is 0.273. The first-order valence-electron chi connectivity index (χ1n) is 5.56. The first-order chi connectivity index (χ1) is 8.78. The lowest BCUT2D eigenvalue weighted by Crippen LogP contribution is -2.09. The molecule has 0 bridgehead atoms. The molecule has 0 aromatic carbocycles. The van der Waals surface area contributed by atoms with Crippen LogP contribution in [-0.4, -0.2) is 26.5 Å². The Morgan fingerprint density at radius 2 is 1.94 bits per heavy atom. The van der Waals surface area contributed by atoms with E-state index >= 15 is 0 Å². The lowest BCUT2D eigenvalue weighted by molar-refractivity contribution is 0.984. The van der Waals surface area contributed by atoms with E-state index in [1.54, 1.807) is 12.4 Å². The third-order valence-electron chi connectivity index (χ3n) is 2.12. The van der Waals surface area contributed by atoms with Gasteiger partial charge in [0, 0.05) is 25.5 Å². The normalized spacial score (nSPS) is 10.1. The predicted octanol–water partition coefficient (Wildman–Crippen LogP) is 1.96. The number of hydrogen-bond donors (Lipinski definition) is 2. The van der Waals surface area contributed by atoms with E-state index in [2.05, 4.69) is 30.6 Å². The first-order valence-corrected chi connectivity index (χ1v) is 5.94. The highest BCUT2D eigenvalue weighted by atomic mass is 35.5. The third kappa shape index (κ3) is 3.53. The second-order valence-corrected chi connectivity index (χ2v) is 3.83. The summed E-state index contributed by atoms with van der Waals surface area (Å²) in [4.78, 5) is 16.2. The number of nitrogens with one attached hydrogen (secondary N) is 2. The van der Waals surface area contributed by atoms with Gasteiger partial charge in [0.05, 0.1) is 0 Å².